The van der Waals surface area contributed by atoms with E-state index in [-0.39, 0.29) is 36.4 Å². The van der Waals surface area contributed by atoms with Crippen molar-refractivity contribution in [2.24, 2.45) is 17.8 Å². The van der Waals surface area contributed by atoms with Crippen molar-refractivity contribution >= 4 is 6.03 Å². The van der Waals surface area contributed by atoms with Crippen molar-refractivity contribution in [2.75, 3.05) is 13.6 Å². The van der Waals surface area contributed by atoms with Gasteiger partial charge >= 0.3 is 6.03 Å². The van der Waals surface area contributed by atoms with Gasteiger partial charge in [0.25, 0.3) is 0 Å². The quantitative estimate of drug-likeness (QED) is 0.223. The summed E-state index contributed by atoms with van der Waals surface area (Å²) in [7, 11) is 2.15. The Bertz CT molecular complexity index is 1430. The topological polar surface area (TPSA) is 83.1 Å². The maximum absolute atomic E-state index is 13.0. The second-order valence-corrected chi connectivity index (χ2v) is 14.6. The maximum Gasteiger partial charge on any atom is 0.315 e. The molecule has 4 atom stereocenters. The predicted molar refractivity (Wildman–Crippen MR) is 179 cm³/mol. The van der Waals surface area contributed by atoms with Crippen LogP contribution >= 0.6 is 0 Å². The van der Waals surface area contributed by atoms with E-state index in [1.807, 2.05) is 12.1 Å². The summed E-state index contributed by atoms with van der Waals surface area (Å²) in [5.41, 5.74) is 5.26. The van der Waals surface area contributed by atoms with Crippen molar-refractivity contribution in [3.8, 4) is 0 Å². The molecule has 3 aromatic rings. The van der Waals surface area contributed by atoms with Crippen LogP contribution < -0.4 is 10.6 Å². The molecule has 3 N–H and O–H groups in total. The number of likely N-dealkylation sites (N-methyl/N-ethyl adjacent to an activating group) is 1. The first-order valence-electron chi connectivity index (χ1n) is 17.3. The summed E-state index contributed by atoms with van der Waals surface area (Å²) in [5.74, 6) is 2.40. The third-order valence-corrected chi connectivity index (χ3v) is 11.2. The summed E-state index contributed by atoms with van der Waals surface area (Å²) < 4.78 is 13.2. The van der Waals surface area contributed by atoms with Crippen LogP contribution in [0.3, 0.4) is 0 Å². The molecule has 2 amide bonds. The summed E-state index contributed by atoms with van der Waals surface area (Å²) >= 11 is 0. The van der Waals surface area contributed by atoms with Crippen LogP contribution in [0, 0.1) is 17.8 Å². The minimum atomic E-state index is -0.511. The third-order valence-electron chi connectivity index (χ3n) is 11.2. The number of nitrogens with zero attached hydrogens (tertiary/aromatic N) is 1. The van der Waals surface area contributed by atoms with Crippen LogP contribution in [0.2, 0.25) is 0 Å². The lowest BCUT2D eigenvalue weighted by Gasteiger charge is -2.56. The molecule has 46 heavy (non-hydrogen) atoms. The van der Waals surface area contributed by atoms with Crippen LogP contribution in [0.5, 0.6) is 0 Å². The smallest absolute Gasteiger partial charge is 0.315 e. The highest BCUT2D eigenvalue weighted by molar-refractivity contribution is 5.75. The van der Waals surface area contributed by atoms with E-state index < -0.39 is 6.29 Å². The van der Waals surface area contributed by atoms with Crippen LogP contribution in [0.1, 0.15) is 98.1 Å². The fourth-order valence-electron chi connectivity index (χ4n) is 9.02. The lowest BCUT2D eigenvalue weighted by atomic mass is 9.53. The van der Waals surface area contributed by atoms with Crippen LogP contribution in [-0.2, 0) is 22.6 Å². The molecule has 5 fully saturated rings. The van der Waals surface area contributed by atoms with Gasteiger partial charge in [0.15, 0.2) is 6.29 Å². The number of aliphatic hydroxyl groups is 1. The van der Waals surface area contributed by atoms with E-state index in [1.54, 1.807) is 0 Å². The molecular formula is C39H49N3O4. The molecule has 1 aliphatic heterocycles. The average Bonchev–Trinajstić information content (AvgIpc) is 3.06. The van der Waals surface area contributed by atoms with Crippen molar-refractivity contribution in [2.45, 2.75) is 95.1 Å². The zero-order chi connectivity index (χ0) is 31.7. The molecule has 4 aliphatic carbocycles. The maximum atomic E-state index is 13.0. The Kier molecular flexibility index (Phi) is 9.19. The van der Waals surface area contributed by atoms with Crippen LogP contribution in [-0.4, -0.2) is 41.3 Å². The van der Waals surface area contributed by atoms with Crippen LogP contribution in [0.25, 0.3) is 0 Å². The lowest BCUT2D eigenvalue weighted by Crippen LogP contribution is -2.61. The minimum Gasteiger partial charge on any atom is -0.392 e. The Morgan fingerprint density at radius 3 is 2.09 bits per heavy atom. The molecule has 0 spiro atoms. The van der Waals surface area contributed by atoms with E-state index in [0.29, 0.717) is 6.54 Å². The molecule has 7 nitrogen and oxygen atoms in total. The lowest BCUT2D eigenvalue weighted by molar-refractivity contribution is -0.253. The van der Waals surface area contributed by atoms with Crippen molar-refractivity contribution < 1.29 is 19.4 Å². The fourth-order valence-corrected chi connectivity index (χ4v) is 9.02. The number of carbonyl (C=O) groups is 1. The number of hydrogen-bond donors (Lipinski definition) is 3. The van der Waals surface area contributed by atoms with Gasteiger partial charge < -0.3 is 25.2 Å². The fraction of sp³-hybridized carbons (Fsp3) is 0.513. The number of carbonyl (C=O) groups excluding carboxylic acids is 1. The second-order valence-electron chi connectivity index (χ2n) is 14.6. The Hall–Kier alpha value is -3.23. The number of aliphatic hydroxyl groups excluding tert-OH is 1. The predicted octanol–water partition coefficient (Wildman–Crippen LogP) is 7.19. The highest BCUT2D eigenvalue weighted by Gasteiger charge is 2.51. The van der Waals surface area contributed by atoms with Gasteiger partial charge in [0, 0.05) is 36.7 Å². The molecule has 5 aliphatic rings. The molecule has 3 aromatic carbocycles. The first-order valence-corrected chi connectivity index (χ1v) is 17.3. The Morgan fingerprint density at radius 2 is 1.46 bits per heavy atom. The molecule has 4 bridgehead atoms. The highest BCUT2D eigenvalue weighted by Crippen LogP contribution is 2.55. The molecule has 7 heteroatoms. The number of benzene rings is 3. The summed E-state index contributed by atoms with van der Waals surface area (Å²) in [5, 5.41) is 16.1. The number of ether oxygens (including phenoxy) is 2. The van der Waals surface area contributed by atoms with E-state index in [1.165, 1.54) is 24.8 Å². The first kappa shape index (κ1) is 31.4. The zero-order valence-corrected chi connectivity index (χ0v) is 27.2. The van der Waals surface area contributed by atoms with Gasteiger partial charge in [-0.05, 0) is 92.5 Å². The molecule has 1 heterocycles. The Labute approximate surface area is 273 Å². The standard InChI is InChI=1S/C39H49N3O4/c1-26(32-6-4-3-5-7-32)42(2)24-35-19-36(33-12-10-28(25-43)11-13-33)46-37(45-35)34-14-8-27(9-15-34)23-40-38(44)41-39-20-29-16-30(21-39)18-31(17-29)22-39/h3-15,26,29-31,35-37,43H,16-25H2,1-2H3,(H2,40,41,44)/t26-,29?,30?,31?,35+,36-,37-,39?/m0/s1. The van der Waals surface area contributed by atoms with E-state index >= 15 is 0 Å². The number of amides is 2. The molecular weight excluding hydrogens is 574 g/mol. The third kappa shape index (κ3) is 7.03. The van der Waals surface area contributed by atoms with Gasteiger partial charge in [0.1, 0.15) is 0 Å². The molecule has 0 aromatic heterocycles. The van der Waals surface area contributed by atoms with E-state index in [2.05, 4.69) is 96.2 Å². The first-order chi connectivity index (χ1) is 22.3. The van der Waals surface area contributed by atoms with Gasteiger partial charge in [-0.2, -0.15) is 0 Å². The summed E-state index contributed by atoms with van der Waals surface area (Å²) in [6.07, 6.45) is 7.60. The van der Waals surface area contributed by atoms with Crippen LogP contribution in [0.4, 0.5) is 4.79 Å². The zero-order valence-electron chi connectivity index (χ0n) is 27.2. The van der Waals surface area contributed by atoms with Crippen molar-refractivity contribution in [3.63, 3.8) is 0 Å². The normalized spacial score (nSPS) is 30.7. The van der Waals surface area contributed by atoms with E-state index in [4.69, 9.17) is 9.47 Å². The number of hydrogen-bond acceptors (Lipinski definition) is 5. The van der Waals surface area contributed by atoms with Crippen LogP contribution in [0.15, 0.2) is 78.9 Å². The molecule has 0 radical (unpaired) electrons. The van der Waals surface area contributed by atoms with Gasteiger partial charge in [-0.25, -0.2) is 4.79 Å². The Balaban J connectivity index is 0.996. The van der Waals surface area contributed by atoms with Gasteiger partial charge in [-0.3, -0.25) is 4.90 Å². The van der Waals surface area contributed by atoms with Crippen molar-refractivity contribution in [1.82, 2.24) is 15.5 Å². The molecule has 8 rings (SSSR count). The number of rotatable bonds is 10. The molecule has 0 unspecified atom stereocenters. The van der Waals surface area contributed by atoms with Crippen molar-refractivity contribution in [1.29, 1.82) is 0 Å². The molecule has 4 saturated carbocycles. The van der Waals surface area contributed by atoms with E-state index in [9.17, 15) is 9.90 Å². The summed E-state index contributed by atoms with van der Waals surface area (Å²) in [6.45, 7) is 3.50. The Morgan fingerprint density at radius 1 is 0.848 bits per heavy atom. The minimum absolute atomic E-state index is 0.0107. The average molecular weight is 624 g/mol. The number of urea groups is 1. The largest absolute Gasteiger partial charge is 0.392 e. The van der Waals surface area contributed by atoms with Gasteiger partial charge in [-0.1, -0.05) is 78.9 Å². The molecule has 244 valence electrons. The van der Waals surface area contributed by atoms with Gasteiger partial charge in [0.05, 0.1) is 18.8 Å². The summed E-state index contributed by atoms with van der Waals surface area (Å²) in [6, 6.07) is 27.0. The van der Waals surface area contributed by atoms with E-state index in [0.717, 1.165) is 72.2 Å². The van der Waals surface area contributed by atoms with Gasteiger partial charge in [-0.15, -0.1) is 0 Å². The van der Waals surface area contributed by atoms with Gasteiger partial charge in [0.2, 0.25) is 0 Å². The van der Waals surface area contributed by atoms with Crippen molar-refractivity contribution in [3.05, 3.63) is 107 Å². The second kappa shape index (κ2) is 13.5. The highest BCUT2D eigenvalue weighted by atomic mass is 16.7. The monoisotopic (exact) mass is 623 g/mol. The molecule has 1 saturated heterocycles. The number of nitrogens with one attached hydrogen (secondary N) is 2. The SMILES string of the molecule is C[C@@H](c1ccccc1)N(C)C[C@H]1C[C@@H](c2ccc(CO)cc2)O[C@@H](c2ccc(CNC(=O)NC34CC5CC(CC(C5)C3)C4)cc2)O1. The summed E-state index contributed by atoms with van der Waals surface area (Å²) in [4.78, 5) is 15.4.